The van der Waals surface area contributed by atoms with Crippen LogP contribution in [0.2, 0.25) is 0 Å². The van der Waals surface area contributed by atoms with E-state index in [4.69, 9.17) is 14.6 Å². The number of hydrogen-bond donors (Lipinski definition) is 1. The second-order valence-corrected chi connectivity index (χ2v) is 3.94. The molecule has 1 aliphatic rings. The molecule has 5 heteroatoms. The van der Waals surface area contributed by atoms with E-state index in [1.54, 1.807) is 13.2 Å². The number of ether oxygens (including phenoxy) is 2. The molecule has 17 heavy (non-hydrogen) atoms. The number of aliphatic hydroxyl groups excluding tert-OH is 1. The maximum Gasteiger partial charge on any atom is 0.414 e. The number of rotatable bonds is 3. The Balaban J connectivity index is 2.21. The average molecular weight is 237 g/mol. The minimum atomic E-state index is -0.386. The molecule has 0 radical (unpaired) electrons. The van der Waals surface area contributed by atoms with Crippen LogP contribution in [-0.2, 0) is 4.74 Å². The number of anilines is 1. The lowest BCUT2D eigenvalue weighted by Gasteiger charge is -2.31. The van der Waals surface area contributed by atoms with Gasteiger partial charge in [-0.15, -0.1) is 0 Å². The zero-order valence-corrected chi connectivity index (χ0v) is 9.63. The second-order valence-electron chi connectivity index (χ2n) is 3.94. The van der Waals surface area contributed by atoms with Crippen molar-refractivity contribution in [3.63, 3.8) is 0 Å². The van der Waals surface area contributed by atoms with Crippen LogP contribution in [0.25, 0.3) is 0 Å². The van der Waals surface area contributed by atoms with Gasteiger partial charge in [0, 0.05) is 18.5 Å². The Bertz CT molecular complexity index is 407. The maximum absolute atomic E-state index is 11.6. The SMILES string of the molecule is COc1cccc(N2CC(CO)COC2=O)c1. The lowest BCUT2D eigenvalue weighted by Crippen LogP contribution is -2.44. The molecule has 5 nitrogen and oxygen atoms in total. The molecule has 1 aromatic rings. The minimum Gasteiger partial charge on any atom is -0.497 e. The van der Waals surface area contributed by atoms with Crippen molar-refractivity contribution in [1.82, 2.24) is 0 Å². The monoisotopic (exact) mass is 237 g/mol. The van der Waals surface area contributed by atoms with E-state index in [2.05, 4.69) is 0 Å². The summed E-state index contributed by atoms with van der Waals surface area (Å²) >= 11 is 0. The first-order valence-corrected chi connectivity index (χ1v) is 5.44. The quantitative estimate of drug-likeness (QED) is 0.859. The molecule has 1 atom stereocenters. The maximum atomic E-state index is 11.6. The zero-order chi connectivity index (χ0) is 12.3. The molecule has 1 heterocycles. The van der Waals surface area contributed by atoms with Gasteiger partial charge < -0.3 is 14.6 Å². The van der Waals surface area contributed by atoms with E-state index in [9.17, 15) is 4.79 Å². The molecule has 0 spiro atoms. The third kappa shape index (κ3) is 2.50. The molecular weight excluding hydrogens is 222 g/mol. The van der Waals surface area contributed by atoms with Crippen LogP contribution in [0.4, 0.5) is 10.5 Å². The molecule has 1 unspecified atom stereocenters. The third-order valence-electron chi connectivity index (χ3n) is 2.73. The normalized spacial score (nSPS) is 20.0. The van der Waals surface area contributed by atoms with Crippen molar-refractivity contribution in [2.45, 2.75) is 0 Å². The van der Waals surface area contributed by atoms with Gasteiger partial charge in [-0.25, -0.2) is 4.79 Å². The topological polar surface area (TPSA) is 59.0 Å². The van der Waals surface area contributed by atoms with Gasteiger partial charge >= 0.3 is 6.09 Å². The number of hydrogen-bond acceptors (Lipinski definition) is 4. The van der Waals surface area contributed by atoms with E-state index in [1.165, 1.54) is 4.90 Å². The van der Waals surface area contributed by atoms with E-state index in [0.29, 0.717) is 18.0 Å². The van der Waals surface area contributed by atoms with E-state index in [1.807, 2.05) is 18.2 Å². The van der Waals surface area contributed by atoms with Crippen molar-refractivity contribution in [2.24, 2.45) is 5.92 Å². The summed E-state index contributed by atoms with van der Waals surface area (Å²) in [6, 6.07) is 7.19. The Kier molecular flexibility index (Phi) is 3.49. The number of nitrogens with zero attached hydrogens (tertiary/aromatic N) is 1. The summed E-state index contributed by atoms with van der Waals surface area (Å²) in [6.45, 7) is 0.742. The Labute approximate surface area is 99.6 Å². The van der Waals surface area contributed by atoms with Gasteiger partial charge in [0.1, 0.15) is 5.75 Å². The van der Waals surface area contributed by atoms with Crippen LogP contribution in [0.3, 0.4) is 0 Å². The highest BCUT2D eigenvalue weighted by Gasteiger charge is 2.27. The van der Waals surface area contributed by atoms with Crippen LogP contribution in [0.15, 0.2) is 24.3 Å². The van der Waals surface area contributed by atoms with Crippen molar-refractivity contribution in [3.05, 3.63) is 24.3 Å². The summed E-state index contributed by atoms with van der Waals surface area (Å²) in [5, 5.41) is 9.10. The molecule has 0 saturated carbocycles. The van der Waals surface area contributed by atoms with Crippen LogP contribution >= 0.6 is 0 Å². The van der Waals surface area contributed by atoms with Crippen LogP contribution < -0.4 is 9.64 Å². The molecule has 1 amide bonds. The van der Waals surface area contributed by atoms with Gasteiger partial charge in [0.25, 0.3) is 0 Å². The number of carbonyl (C=O) groups is 1. The summed E-state index contributed by atoms with van der Waals surface area (Å²) in [5.41, 5.74) is 0.715. The summed E-state index contributed by atoms with van der Waals surface area (Å²) in [5.74, 6) is 0.639. The first kappa shape index (κ1) is 11.7. The number of carbonyl (C=O) groups excluding carboxylic acids is 1. The standard InChI is InChI=1S/C12H15NO4/c1-16-11-4-2-3-10(5-11)13-6-9(7-14)8-17-12(13)15/h2-5,9,14H,6-8H2,1H3. The Morgan fingerprint density at radius 3 is 3.12 bits per heavy atom. The van der Waals surface area contributed by atoms with Gasteiger partial charge in [-0.05, 0) is 12.1 Å². The van der Waals surface area contributed by atoms with Crippen molar-refractivity contribution in [3.8, 4) is 5.75 Å². The minimum absolute atomic E-state index is 0.00769. The predicted molar refractivity (Wildman–Crippen MR) is 62.3 cm³/mol. The summed E-state index contributed by atoms with van der Waals surface area (Å²) in [4.78, 5) is 13.1. The summed E-state index contributed by atoms with van der Waals surface area (Å²) < 4.78 is 10.1. The van der Waals surface area contributed by atoms with Crippen LogP contribution in [0.5, 0.6) is 5.75 Å². The molecule has 1 aliphatic heterocycles. The predicted octanol–water partition coefficient (Wildman–Crippen LogP) is 1.26. The van der Waals surface area contributed by atoms with Crippen LogP contribution in [0.1, 0.15) is 0 Å². The molecule has 1 N–H and O–H groups in total. The van der Waals surface area contributed by atoms with E-state index >= 15 is 0 Å². The fraction of sp³-hybridized carbons (Fsp3) is 0.417. The Morgan fingerprint density at radius 2 is 2.41 bits per heavy atom. The first-order chi connectivity index (χ1) is 8.24. The molecule has 1 saturated heterocycles. The summed E-state index contributed by atoms with van der Waals surface area (Å²) in [7, 11) is 1.57. The Hall–Kier alpha value is -1.75. The average Bonchev–Trinajstić information content (AvgIpc) is 2.39. The molecule has 1 fully saturated rings. The number of amides is 1. The van der Waals surface area contributed by atoms with Gasteiger partial charge in [-0.3, -0.25) is 4.90 Å². The number of benzene rings is 1. The van der Waals surface area contributed by atoms with Crippen LogP contribution in [-0.4, -0.2) is 38.1 Å². The zero-order valence-electron chi connectivity index (χ0n) is 9.63. The highest BCUT2D eigenvalue weighted by molar-refractivity contribution is 5.88. The summed E-state index contributed by atoms with van der Waals surface area (Å²) in [6.07, 6.45) is -0.386. The van der Waals surface area contributed by atoms with Gasteiger partial charge in [0.05, 0.1) is 26.0 Å². The number of aliphatic hydroxyl groups is 1. The molecule has 1 aromatic carbocycles. The van der Waals surface area contributed by atoms with Crippen molar-refractivity contribution in [1.29, 1.82) is 0 Å². The molecule has 2 rings (SSSR count). The fourth-order valence-electron chi connectivity index (χ4n) is 1.75. The van der Waals surface area contributed by atoms with E-state index in [0.717, 1.165) is 0 Å². The molecular formula is C12H15NO4. The number of methoxy groups -OCH3 is 1. The fourth-order valence-corrected chi connectivity index (χ4v) is 1.75. The third-order valence-corrected chi connectivity index (χ3v) is 2.73. The van der Waals surface area contributed by atoms with E-state index < -0.39 is 0 Å². The van der Waals surface area contributed by atoms with Crippen molar-refractivity contribution >= 4 is 11.8 Å². The molecule has 0 aliphatic carbocycles. The van der Waals surface area contributed by atoms with Gasteiger partial charge in [-0.1, -0.05) is 6.07 Å². The van der Waals surface area contributed by atoms with Gasteiger partial charge in [0.2, 0.25) is 0 Å². The molecule has 0 bridgehead atoms. The first-order valence-electron chi connectivity index (χ1n) is 5.44. The molecule has 92 valence electrons. The smallest absolute Gasteiger partial charge is 0.414 e. The lowest BCUT2D eigenvalue weighted by molar-refractivity contribution is 0.0900. The van der Waals surface area contributed by atoms with Gasteiger partial charge in [-0.2, -0.15) is 0 Å². The van der Waals surface area contributed by atoms with E-state index in [-0.39, 0.29) is 25.2 Å². The van der Waals surface area contributed by atoms with Crippen molar-refractivity contribution in [2.75, 3.05) is 31.8 Å². The number of cyclic esters (lactones) is 1. The largest absolute Gasteiger partial charge is 0.497 e. The van der Waals surface area contributed by atoms with Gasteiger partial charge in [0.15, 0.2) is 0 Å². The van der Waals surface area contributed by atoms with Crippen molar-refractivity contribution < 1.29 is 19.4 Å². The highest BCUT2D eigenvalue weighted by atomic mass is 16.6. The lowest BCUT2D eigenvalue weighted by atomic mass is 10.1. The molecule has 0 aromatic heterocycles. The van der Waals surface area contributed by atoms with Crippen LogP contribution in [0, 0.1) is 5.92 Å². The Morgan fingerprint density at radius 1 is 1.59 bits per heavy atom. The second kappa shape index (κ2) is 5.05. The highest BCUT2D eigenvalue weighted by Crippen LogP contribution is 2.24.